The van der Waals surface area contributed by atoms with Crippen LogP contribution in [-0.4, -0.2) is 35.7 Å². The van der Waals surface area contributed by atoms with Crippen LogP contribution >= 0.6 is 11.6 Å². The van der Waals surface area contributed by atoms with Crippen LogP contribution in [0.2, 0.25) is 5.02 Å². The van der Waals surface area contributed by atoms with Gasteiger partial charge in [0.05, 0.1) is 16.8 Å². The molecule has 0 aliphatic heterocycles. The predicted octanol–water partition coefficient (Wildman–Crippen LogP) is 3.76. The number of hydrogen-bond acceptors (Lipinski definition) is 5. The molecule has 1 aliphatic rings. The van der Waals surface area contributed by atoms with E-state index in [1.807, 2.05) is 0 Å². The van der Waals surface area contributed by atoms with E-state index < -0.39 is 34.9 Å². The molecule has 8 nitrogen and oxygen atoms in total. The average Bonchev–Trinajstić information content (AvgIpc) is 3.25. The number of aromatic nitrogens is 4. The Bertz CT molecular complexity index is 1220. The highest BCUT2D eigenvalue weighted by atomic mass is 35.5. The first kappa shape index (κ1) is 22.3. The molecule has 170 valence electrons. The predicted molar refractivity (Wildman–Crippen MR) is 106 cm³/mol. The fourth-order valence-corrected chi connectivity index (χ4v) is 3.52. The first-order chi connectivity index (χ1) is 15.0. The number of carbonyl (C=O) groups is 1. The Labute approximate surface area is 186 Å². The summed E-state index contributed by atoms with van der Waals surface area (Å²) in [4.78, 5) is 12.4. The van der Waals surface area contributed by atoms with Crippen molar-refractivity contribution in [2.24, 2.45) is 7.05 Å². The summed E-state index contributed by atoms with van der Waals surface area (Å²) >= 11 is 2.63. The van der Waals surface area contributed by atoms with Gasteiger partial charge in [-0.2, -0.15) is 22.5 Å². The van der Waals surface area contributed by atoms with E-state index in [9.17, 15) is 26.1 Å². The molecule has 1 saturated carbocycles. The van der Waals surface area contributed by atoms with Crippen LogP contribution in [0.4, 0.5) is 17.1 Å². The van der Waals surface area contributed by atoms with E-state index in [-0.39, 0.29) is 22.5 Å². The summed E-state index contributed by atoms with van der Waals surface area (Å²) in [6.07, 6.45) is -0.659. The molecule has 2 heterocycles. The van der Waals surface area contributed by atoms with Gasteiger partial charge in [-0.3, -0.25) is 4.79 Å². The van der Waals surface area contributed by atoms with E-state index in [0.717, 1.165) is 22.2 Å². The van der Waals surface area contributed by atoms with Crippen LogP contribution < -0.4 is 9.50 Å². The molecule has 1 amide bonds. The monoisotopic (exact) mass is 491 g/mol. The molecule has 2 aromatic heterocycles. The molecule has 1 aromatic carbocycles. The lowest BCUT2D eigenvalue weighted by atomic mass is 10.1. The molecule has 1 aliphatic carbocycles. The van der Waals surface area contributed by atoms with Gasteiger partial charge >= 0.3 is 17.6 Å². The fraction of sp³-hybridized carbons (Fsp3) is 0.278. The maximum Gasteiger partial charge on any atom is 0.425 e. The molecule has 0 radical (unpaired) electrons. The number of alkyl halides is 3. The average molecular weight is 492 g/mol. The molecule has 0 bridgehead atoms. The van der Waals surface area contributed by atoms with Gasteiger partial charge in [0.15, 0.2) is 11.4 Å². The molecule has 32 heavy (non-hydrogen) atoms. The number of rotatable bonds is 6. The van der Waals surface area contributed by atoms with Crippen molar-refractivity contribution < 1.29 is 30.2 Å². The normalized spacial score (nSPS) is 14.9. The third-order valence-corrected chi connectivity index (χ3v) is 5.29. The van der Waals surface area contributed by atoms with E-state index in [1.54, 1.807) is 6.07 Å². The summed E-state index contributed by atoms with van der Waals surface area (Å²) < 4.78 is 70.0. The zero-order valence-corrected chi connectivity index (χ0v) is 17.8. The van der Waals surface area contributed by atoms with Crippen LogP contribution in [0.25, 0.3) is 16.9 Å². The Kier molecular flexibility index (Phi) is 5.71. The Morgan fingerprint density at radius 3 is 2.66 bits per heavy atom. The fourth-order valence-electron chi connectivity index (χ4n) is 3.08. The van der Waals surface area contributed by atoms with Crippen molar-refractivity contribution in [2.45, 2.75) is 25.1 Å². The maximum atomic E-state index is 13.6. The highest BCUT2D eigenvalue weighted by Gasteiger charge is 2.43. The van der Waals surface area contributed by atoms with Crippen LogP contribution in [0.15, 0.2) is 30.6 Å². The Balaban J connectivity index is 1.73. The Morgan fingerprint density at radius 2 is 2.03 bits per heavy atom. The zero-order valence-electron chi connectivity index (χ0n) is 16.2. The highest BCUT2D eigenvalue weighted by molar-refractivity contribution is 7.75. The summed E-state index contributed by atoms with van der Waals surface area (Å²) in [5.41, 5.74) is -0.352. The van der Waals surface area contributed by atoms with Crippen LogP contribution in [-0.2, 0) is 24.7 Å². The molecule has 3 aromatic rings. The molecule has 1 fully saturated rings. The summed E-state index contributed by atoms with van der Waals surface area (Å²) in [5.74, 6) is -2.11. The number of carbonyl (C=O) groups excluding carboxylic acids is 1. The topological polar surface area (TPSA) is 91.0 Å². The van der Waals surface area contributed by atoms with Crippen LogP contribution in [0, 0.1) is 0 Å². The number of nitrogens with one attached hydrogen (secondary N) is 1. The minimum atomic E-state index is -5.00. The standard InChI is InChI=1S/C18H14ClF4N5O3S/c1-27-17(14(18(20,21)22)16(26-27)31-32(23)30)28-8-10(7-24-28)9-2-5-13(19)12(6-9)15(29)25-11-3-4-11/h2,5-8,11H,3-4H2,1H3,(H,25,29). The molecule has 1 unspecified atom stereocenters. The minimum Gasteiger partial charge on any atom is -0.354 e. The second-order valence-corrected chi connectivity index (χ2v) is 7.98. The number of hydrogen-bond donors (Lipinski definition) is 1. The lowest BCUT2D eigenvalue weighted by Gasteiger charge is -2.09. The molecular weight excluding hydrogens is 478 g/mol. The Hall–Kier alpha value is -2.93. The number of halogens is 5. The van der Waals surface area contributed by atoms with E-state index in [1.165, 1.54) is 31.6 Å². The molecule has 0 spiro atoms. The van der Waals surface area contributed by atoms with Gasteiger partial charge in [-0.05, 0) is 30.5 Å². The van der Waals surface area contributed by atoms with Gasteiger partial charge in [-0.1, -0.05) is 21.6 Å². The van der Waals surface area contributed by atoms with E-state index in [4.69, 9.17) is 11.6 Å². The van der Waals surface area contributed by atoms with E-state index in [0.29, 0.717) is 11.1 Å². The molecule has 14 heteroatoms. The lowest BCUT2D eigenvalue weighted by molar-refractivity contribution is -0.138. The molecule has 1 atom stereocenters. The summed E-state index contributed by atoms with van der Waals surface area (Å²) in [7, 11) is 1.17. The van der Waals surface area contributed by atoms with Gasteiger partial charge in [0.25, 0.3) is 11.8 Å². The highest BCUT2D eigenvalue weighted by Crippen LogP contribution is 2.40. The number of aryl methyl sites for hydroxylation is 1. The van der Waals surface area contributed by atoms with Gasteiger partial charge in [0.1, 0.15) is 0 Å². The lowest BCUT2D eigenvalue weighted by Crippen LogP contribution is -2.25. The van der Waals surface area contributed by atoms with Crippen molar-refractivity contribution in [3.8, 4) is 22.8 Å². The first-order valence-corrected chi connectivity index (χ1v) is 10.5. The van der Waals surface area contributed by atoms with Crippen molar-refractivity contribution in [1.29, 1.82) is 0 Å². The maximum absolute atomic E-state index is 13.6. The van der Waals surface area contributed by atoms with E-state index >= 15 is 0 Å². The van der Waals surface area contributed by atoms with E-state index in [2.05, 4.69) is 19.7 Å². The van der Waals surface area contributed by atoms with Crippen molar-refractivity contribution in [3.05, 3.63) is 46.7 Å². The smallest absolute Gasteiger partial charge is 0.354 e. The molecule has 0 saturated heterocycles. The summed E-state index contributed by atoms with van der Waals surface area (Å²) in [6.45, 7) is 0. The van der Waals surface area contributed by atoms with Crippen LogP contribution in [0.3, 0.4) is 0 Å². The largest absolute Gasteiger partial charge is 0.425 e. The first-order valence-electron chi connectivity index (χ1n) is 9.11. The van der Waals surface area contributed by atoms with Gasteiger partial charge in [-0.15, -0.1) is 5.10 Å². The second-order valence-electron chi connectivity index (χ2n) is 7.02. The van der Waals surface area contributed by atoms with Gasteiger partial charge in [0, 0.05) is 24.8 Å². The molecule has 4 rings (SSSR count). The SMILES string of the molecule is Cn1nc(OS(=O)F)c(C(F)(F)F)c1-n1cc(-c2ccc(Cl)c(C(=O)NC3CC3)c2)cn1. The summed E-state index contributed by atoms with van der Waals surface area (Å²) in [6, 6.07) is 4.72. The third-order valence-electron chi connectivity index (χ3n) is 4.67. The Morgan fingerprint density at radius 1 is 1.31 bits per heavy atom. The van der Waals surface area contributed by atoms with Crippen molar-refractivity contribution >= 4 is 29.0 Å². The second kappa shape index (κ2) is 8.20. The molecular formula is C18H14ClF4N5O3S. The third kappa shape index (κ3) is 4.48. The van der Waals surface area contributed by atoms with Crippen molar-refractivity contribution in [1.82, 2.24) is 24.9 Å². The van der Waals surface area contributed by atoms with Gasteiger partial charge < -0.3 is 9.50 Å². The number of amides is 1. The van der Waals surface area contributed by atoms with Crippen LogP contribution in [0.1, 0.15) is 28.8 Å². The summed E-state index contributed by atoms with van der Waals surface area (Å²) in [5, 5.41) is 10.5. The van der Waals surface area contributed by atoms with Gasteiger partial charge in [0.2, 0.25) is 0 Å². The van der Waals surface area contributed by atoms with Crippen molar-refractivity contribution in [3.63, 3.8) is 0 Å². The zero-order chi connectivity index (χ0) is 23.2. The number of nitrogens with zero attached hydrogens (tertiary/aromatic N) is 4. The van der Waals surface area contributed by atoms with Gasteiger partial charge in [-0.25, -0.2) is 9.36 Å². The quantitative estimate of drug-likeness (QED) is 0.419. The molecule has 1 N–H and O–H groups in total. The van der Waals surface area contributed by atoms with Crippen molar-refractivity contribution in [2.75, 3.05) is 0 Å². The minimum absolute atomic E-state index is 0.116. The number of benzene rings is 1. The van der Waals surface area contributed by atoms with Crippen LogP contribution in [0.5, 0.6) is 5.88 Å².